The van der Waals surface area contributed by atoms with Crippen LogP contribution in [0.25, 0.3) is 0 Å². The summed E-state index contributed by atoms with van der Waals surface area (Å²) < 4.78 is 53.3. The molecule has 374 valence electrons. The van der Waals surface area contributed by atoms with Crippen LogP contribution in [0.5, 0.6) is 11.5 Å². The lowest BCUT2D eigenvalue weighted by Crippen LogP contribution is -2.36. The van der Waals surface area contributed by atoms with E-state index in [1.54, 1.807) is 97.1 Å². The second kappa shape index (κ2) is 28.1. The second-order valence-corrected chi connectivity index (χ2v) is 15.4. The van der Waals surface area contributed by atoms with E-state index in [1.165, 1.54) is 24.9 Å². The molecule has 0 N–H and O–H groups in total. The smallest absolute Gasteiger partial charge is 0.463 e. The third kappa shape index (κ3) is 17.4. The lowest BCUT2D eigenvalue weighted by molar-refractivity contribution is -0.138. The van der Waals surface area contributed by atoms with Gasteiger partial charge >= 0.3 is 36.2 Å². The molecule has 4 aromatic rings. The van der Waals surface area contributed by atoms with Crippen molar-refractivity contribution in [2.24, 2.45) is 20.4 Å². The Morgan fingerprint density at radius 1 is 0.458 bits per heavy atom. The molecule has 2 aliphatic rings. The number of benzene rings is 4. The number of nitrogens with zero attached hydrogens (tertiary/aromatic N) is 4. The zero-order valence-electron chi connectivity index (χ0n) is 38.8. The maximum absolute atomic E-state index is 13.1. The summed E-state index contributed by atoms with van der Waals surface area (Å²) in [6, 6.07) is 26.2. The Hall–Kier alpha value is -8.62. The van der Waals surface area contributed by atoms with Crippen molar-refractivity contribution in [3.05, 3.63) is 156 Å². The molecule has 0 spiro atoms. The monoisotopic (exact) mass is 986 g/mol. The fourth-order valence-electron chi connectivity index (χ4n) is 6.53. The summed E-state index contributed by atoms with van der Waals surface area (Å²) in [6.07, 6.45) is 5.85. The van der Waals surface area contributed by atoms with Crippen molar-refractivity contribution in [1.29, 1.82) is 0 Å². The first-order chi connectivity index (χ1) is 35.1. The van der Waals surface area contributed by atoms with E-state index >= 15 is 0 Å². The zero-order valence-corrected chi connectivity index (χ0v) is 38.8. The van der Waals surface area contributed by atoms with Crippen LogP contribution in [0, 0.1) is 0 Å². The Kier molecular flexibility index (Phi) is 20.6. The van der Waals surface area contributed by atoms with Crippen molar-refractivity contribution < 1.29 is 76.1 Å². The number of esters is 4. The molecule has 0 bridgehead atoms. The first-order valence-corrected chi connectivity index (χ1v) is 22.5. The Balaban J connectivity index is 0.856. The number of hydrogen-bond donors (Lipinski definition) is 0. The molecular weight excluding hydrogens is 937 g/mol. The Morgan fingerprint density at radius 3 is 1.08 bits per heavy atom. The van der Waals surface area contributed by atoms with E-state index in [9.17, 15) is 28.8 Å². The third-order valence-electron chi connectivity index (χ3n) is 10.2. The highest BCUT2D eigenvalue weighted by atomic mass is 16.7. The van der Waals surface area contributed by atoms with E-state index in [0.29, 0.717) is 59.1 Å². The van der Waals surface area contributed by atoms with Gasteiger partial charge < -0.3 is 47.4 Å². The van der Waals surface area contributed by atoms with Crippen LogP contribution in [0.1, 0.15) is 68.7 Å². The summed E-state index contributed by atoms with van der Waals surface area (Å²) in [5, 5.41) is 16.2. The normalized spacial score (nSPS) is 17.1. The van der Waals surface area contributed by atoms with Gasteiger partial charge in [0.2, 0.25) is 0 Å². The van der Waals surface area contributed by atoms with Gasteiger partial charge in [-0.2, -0.15) is 20.4 Å². The average molecular weight is 987 g/mol. The SMILES string of the molecule is C=CC(=O)OCCCCOC(=O)Oc1ccc(/C=N/N=C/c2ccc(C(=O)O[C@H]3CO[C@H]4[C@@H]3OC[C@H]4OC(=O)c3ccc(/C=N/N=C/c4ccc(OC(=O)OCCCCOC(=O)C=C)cc4)cc3)cc2)cc1. The molecule has 0 unspecified atom stereocenters. The van der Waals surface area contributed by atoms with Gasteiger partial charge in [0.15, 0.2) is 12.2 Å². The van der Waals surface area contributed by atoms with Crippen molar-refractivity contribution in [2.75, 3.05) is 39.6 Å². The summed E-state index contributed by atoms with van der Waals surface area (Å²) in [5.74, 6) is -1.61. The van der Waals surface area contributed by atoms with Crippen molar-refractivity contribution in [1.82, 2.24) is 0 Å². The summed E-state index contributed by atoms with van der Waals surface area (Å²) in [6.45, 7) is 7.38. The van der Waals surface area contributed by atoms with Gasteiger partial charge in [-0.25, -0.2) is 28.8 Å². The molecule has 2 heterocycles. The molecule has 2 aliphatic heterocycles. The van der Waals surface area contributed by atoms with Gasteiger partial charge in [0.05, 0.1) is 75.6 Å². The molecule has 72 heavy (non-hydrogen) atoms. The molecule has 20 heteroatoms. The molecule has 0 saturated carbocycles. The summed E-state index contributed by atoms with van der Waals surface area (Å²) in [7, 11) is 0. The van der Waals surface area contributed by atoms with Crippen molar-refractivity contribution in [3.63, 3.8) is 0 Å². The highest BCUT2D eigenvalue weighted by molar-refractivity contribution is 5.92. The summed E-state index contributed by atoms with van der Waals surface area (Å²) in [4.78, 5) is 72.0. The maximum atomic E-state index is 13.1. The lowest BCUT2D eigenvalue weighted by atomic mass is 10.1. The number of rotatable bonds is 24. The minimum absolute atomic E-state index is 0.0628. The summed E-state index contributed by atoms with van der Waals surface area (Å²) in [5.41, 5.74) is 3.35. The van der Waals surface area contributed by atoms with E-state index in [0.717, 1.165) is 12.2 Å². The zero-order chi connectivity index (χ0) is 50.9. The fourth-order valence-corrected chi connectivity index (χ4v) is 6.53. The topological polar surface area (TPSA) is 244 Å². The van der Waals surface area contributed by atoms with Gasteiger partial charge in [-0.1, -0.05) is 37.4 Å². The van der Waals surface area contributed by atoms with Gasteiger partial charge in [0.1, 0.15) is 23.7 Å². The number of carbonyl (C=O) groups excluding carboxylic acids is 6. The van der Waals surface area contributed by atoms with Crippen LogP contribution < -0.4 is 9.47 Å². The first kappa shape index (κ1) is 52.7. The first-order valence-electron chi connectivity index (χ1n) is 22.5. The second-order valence-electron chi connectivity index (χ2n) is 15.4. The molecule has 0 aliphatic carbocycles. The third-order valence-corrected chi connectivity index (χ3v) is 10.2. The standard InChI is InChI=1S/C52H50N4O16/c1-3-45(57)63-25-5-7-27-65-51(61)69-41-21-13-37(14-22-41)31-55-53-29-35-9-17-39(18-10-35)49(59)71-43-33-67-48-44(34-68-47(43)48)72-50(60)40-19-11-36(12-20-40)30-54-56-32-38-15-23-42(24-16-38)70-52(62)66-28-8-6-26-64-46(58)4-2/h3-4,9-24,29-32,43-44,47-48H,1-2,5-8,25-28,33-34H2/b53-29+,54-30+,55-31+,56-32+/t43-,44+,47-,48-/m1/s1. The van der Waals surface area contributed by atoms with Crippen molar-refractivity contribution >= 4 is 61.0 Å². The van der Waals surface area contributed by atoms with Crippen LogP contribution in [0.4, 0.5) is 9.59 Å². The highest BCUT2D eigenvalue weighted by Crippen LogP contribution is 2.31. The van der Waals surface area contributed by atoms with E-state index in [1.807, 2.05) is 0 Å². The van der Waals surface area contributed by atoms with Crippen molar-refractivity contribution in [2.45, 2.75) is 50.1 Å². The van der Waals surface area contributed by atoms with Crippen molar-refractivity contribution in [3.8, 4) is 11.5 Å². The van der Waals surface area contributed by atoms with E-state index in [2.05, 4.69) is 33.6 Å². The number of carbonyl (C=O) groups is 6. The molecule has 4 atom stereocenters. The molecule has 20 nitrogen and oxygen atoms in total. The molecule has 4 aromatic carbocycles. The number of unbranched alkanes of at least 4 members (excludes halogenated alkanes) is 2. The molecule has 0 aromatic heterocycles. The van der Waals surface area contributed by atoms with Gasteiger partial charge in [-0.3, -0.25) is 0 Å². The molecule has 2 saturated heterocycles. The fraction of sp³-hybridized carbons (Fsp3) is 0.269. The maximum Gasteiger partial charge on any atom is 0.513 e. The van der Waals surface area contributed by atoms with E-state index < -0.39 is 60.6 Å². The van der Waals surface area contributed by atoms with Crippen LogP contribution in [-0.2, 0) is 47.5 Å². The van der Waals surface area contributed by atoms with E-state index in [-0.39, 0.29) is 51.1 Å². The van der Waals surface area contributed by atoms with Gasteiger partial charge in [0.25, 0.3) is 0 Å². The van der Waals surface area contributed by atoms with Crippen LogP contribution >= 0.6 is 0 Å². The largest absolute Gasteiger partial charge is 0.513 e. The quantitative estimate of drug-likeness (QED) is 0.0128. The molecular formula is C52H50N4O16. The lowest BCUT2D eigenvalue weighted by Gasteiger charge is -2.17. The Labute approximate surface area is 413 Å². The van der Waals surface area contributed by atoms with E-state index in [4.69, 9.17) is 47.4 Å². The predicted molar refractivity (Wildman–Crippen MR) is 259 cm³/mol. The van der Waals surface area contributed by atoms with Crippen LogP contribution in [0.15, 0.2) is 143 Å². The molecule has 0 amide bonds. The Bertz CT molecular complexity index is 2430. The number of fused-ring (bicyclic) bond motifs is 1. The van der Waals surface area contributed by atoms with Gasteiger partial charge in [-0.15, -0.1) is 0 Å². The van der Waals surface area contributed by atoms with Gasteiger partial charge in [0, 0.05) is 12.2 Å². The molecule has 6 rings (SSSR count). The van der Waals surface area contributed by atoms with Gasteiger partial charge in [-0.05, 0) is 121 Å². The van der Waals surface area contributed by atoms with Crippen LogP contribution in [-0.4, -0.2) is 125 Å². The summed E-state index contributed by atoms with van der Waals surface area (Å²) >= 11 is 0. The minimum Gasteiger partial charge on any atom is -0.463 e. The molecule has 0 radical (unpaired) electrons. The minimum atomic E-state index is -0.854. The average Bonchev–Trinajstić information content (AvgIpc) is 3.99. The predicted octanol–water partition coefficient (Wildman–Crippen LogP) is 7.19. The van der Waals surface area contributed by atoms with Crippen LogP contribution in [0.3, 0.4) is 0 Å². The molecule has 2 fully saturated rings. The van der Waals surface area contributed by atoms with Crippen LogP contribution in [0.2, 0.25) is 0 Å². The number of hydrogen-bond acceptors (Lipinski definition) is 20. The Morgan fingerprint density at radius 2 is 0.764 bits per heavy atom. The highest BCUT2D eigenvalue weighted by Gasteiger charge is 2.51. The number of ether oxygens (including phenoxy) is 10.